The molecule has 7 aliphatic rings. The summed E-state index contributed by atoms with van der Waals surface area (Å²) in [5, 5.41) is 4.28. The average Bonchev–Trinajstić information content (AvgIpc) is 3.59. The molecule has 1 aromatic rings. The first-order chi connectivity index (χ1) is 26.5. The lowest BCUT2D eigenvalue weighted by Gasteiger charge is -2.72. The Morgan fingerprint density at radius 3 is 2.21 bits per heavy atom. The molecule has 12 atom stereocenters. The molecular formula is C48H74N2O5S. The van der Waals surface area contributed by atoms with E-state index in [1.54, 1.807) is 0 Å². The van der Waals surface area contributed by atoms with Crippen molar-refractivity contribution in [3.8, 4) is 0 Å². The first kappa shape index (κ1) is 41.0. The molecule has 1 heterocycles. The molecule has 6 aliphatic carbocycles. The van der Waals surface area contributed by atoms with Crippen molar-refractivity contribution in [2.45, 2.75) is 157 Å². The molecule has 0 radical (unpaired) electrons. The molecule has 6 saturated carbocycles. The average molecular weight is 791 g/mol. The molecule has 7 nitrogen and oxygen atoms in total. The lowest BCUT2D eigenvalue weighted by molar-refractivity contribution is -0.247. The van der Waals surface area contributed by atoms with Crippen molar-refractivity contribution in [1.29, 1.82) is 0 Å². The van der Waals surface area contributed by atoms with E-state index < -0.39 is 16.2 Å². The Hall–Kier alpha value is -1.77. The van der Waals surface area contributed by atoms with Crippen LogP contribution < -0.4 is 5.32 Å². The fraction of sp³-hybridized carbons (Fsp3) is 0.833. The number of carbonyl (C=O) groups is 2. The fourth-order valence-electron chi connectivity index (χ4n) is 15.4. The molecule has 7 fully saturated rings. The molecule has 0 amide bonds. The van der Waals surface area contributed by atoms with Crippen molar-refractivity contribution in [2.24, 2.45) is 62.6 Å². The van der Waals surface area contributed by atoms with Gasteiger partial charge in [-0.1, -0.05) is 85.2 Å². The maximum atomic E-state index is 14.0. The van der Waals surface area contributed by atoms with Crippen molar-refractivity contribution in [3.63, 3.8) is 0 Å². The Morgan fingerprint density at radius 2 is 1.50 bits per heavy atom. The Morgan fingerprint density at radius 1 is 0.786 bits per heavy atom. The van der Waals surface area contributed by atoms with Gasteiger partial charge in [0.2, 0.25) is 0 Å². The molecule has 0 aromatic heterocycles. The topological polar surface area (TPSA) is 84.9 Å². The van der Waals surface area contributed by atoms with Gasteiger partial charge in [0.05, 0.1) is 11.8 Å². The van der Waals surface area contributed by atoms with Crippen molar-refractivity contribution < 1.29 is 23.3 Å². The van der Waals surface area contributed by atoms with Crippen molar-refractivity contribution >= 4 is 22.7 Å². The van der Waals surface area contributed by atoms with Gasteiger partial charge in [-0.2, -0.15) is 0 Å². The first-order valence-electron chi connectivity index (χ1n) is 22.7. The molecule has 1 saturated heterocycles. The van der Waals surface area contributed by atoms with Crippen LogP contribution in [0.2, 0.25) is 0 Å². The summed E-state index contributed by atoms with van der Waals surface area (Å²) in [5.74, 6) is 3.50. The van der Waals surface area contributed by atoms with E-state index in [0.29, 0.717) is 35.1 Å². The van der Waals surface area contributed by atoms with Gasteiger partial charge in [0.15, 0.2) is 0 Å². The van der Waals surface area contributed by atoms with Crippen LogP contribution in [0.1, 0.15) is 138 Å². The Kier molecular flexibility index (Phi) is 10.8. The molecule has 1 aromatic carbocycles. The van der Waals surface area contributed by atoms with Crippen LogP contribution in [-0.2, 0) is 36.5 Å². The second kappa shape index (κ2) is 14.7. The summed E-state index contributed by atoms with van der Waals surface area (Å²) >= 11 is 0. The van der Waals surface area contributed by atoms with Crippen LogP contribution in [0.3, 0.4) is 0 Å². The van der Waals surface area contributed by atoms with E-state index in [-0.39, 0.29) is 52.9 Å². The number of carbonyl (C=O) groups excluding carboxylic acids is 2. The third kappa shape index (κ3) is 6.50. The van der Waals surface area contributed by atoms with Gasteiger partial charge in [-0.15, -0.1) is 0 Å². The SMILES string of the molecule is CC(CNC12CCC[C@@H]1C1CCC3C4(C)CCC(OC(=O)C5CC(C(=O)OCc6ccccc6)C5(C)C)C(C)(C)C4CCC3(C)[C@]1(C)CC2)N1CCS(=O)CC1. The Bertz CT molecular complexity index is 1660. The quantitative estimate of drug-likeness (QED) is 0.250. The Labute approximate surface area is 341 Å². The van der Waals surface area contributed by atoms with Crippen LogP contribution in [0.15, 0.2) is 30.3 Å². The predicted octanol–water partition coefficient (Wildman–Crippen LogP) is 8.95. The number of hydrogen-bond acceptors (Lipinski definition) is 7. The lowest BCUT2D eigenvalue weighted by Crippen LogP contribution is -2.68. The highest BCUT2D eigenvalue weighted by Crippen LogP contribution is 2.76. The molecule has 8 rings (SSSR count). The van der Waals surface area contributed by atoms with Gasteiger partial charge < -0.3 is 14.8 Å². The van der Waals surface area contributed by atoms with E-state index in [1.165, 1.54) is 57.8 Å². The third-order valence-corrected chi connectivity index (χ3v) is 20.5. The highest BCUT2D eigenvalue weighted by molar-refractivity contribution is 7.85. The second-order valence-electron chi connectivity index (χ2n) is 22.0. The number of nitrogens with one attached hydrogen (secondary N) is 1. The predicted molar refractivity (Wildman–Crippen MR) is 224 cm³/mol. The molecule has 56 heavy (non-hydrogen) atoms. The monoisotopic (exact) mass is 791 g/mol. The normalized spacial score (nSPS) is 43.5. The molecule has 1 aliphatic heterocycles. The van der Waals surface area contributed by atoms with Gasteiger partial charge >= 0.3 is 11.9 Å². The zero-order valence-electron chi connectivity index (χ0n) is 36.1. The van der Waals surface area contributed by atoms with E-state index >= 15 is 0 Å². The van der Waals surface area contributed by atoms with E-state index in [0.717, 1.165) is 61.4 Å². The lowest BCUT2D eigenvalue weighted by atomic mass is 9.33. The highest BCUT2D eigenvalue weighted by Gasteiger charge is 2.70. The van der Waals surface area contributed by atoms with Gasteiger partial charge in [-0.05, 0) is 128 Å². The molecule has 8 heteroatoms. The maximum absolute atomic E-state index is 14.0. The Balaban J connectivity index is 0.912. The van der Waals surface area contributed by atoms with Gasteiger partial charge in [0, 0.05) is 58.9 Å². The fourth-order valence-corrected chi connectivity index (χ4v) is 16.5. The van der Waals surface area contributed by atoms with Gasteiger partial charge in [-0.25, -0.2) is 0 Å². The molecule has 0 spiro atoms. The minimum absolute atomic E-state index is 0.0985. The maximum Gasteiger partial charge on any atom is 0.309 e. The van der Waals surface area contributed by atoms with Crippen LogP contribution >= 0.6 is 0 Å². The minimum Gasteiger partial charge on any atom is -0.462 e. The summed E-state index contributed by atoms with van der Waals surface area (Å²) in [4.78, 5) is 29.7. The number of nitrogens with zero attached hydrogens (tertiary/aromatic N) is 1. The van der Waals surface area contributed by atoms with Gasteiger partial charge in [-0.3, -0.25) is 18.7 Å². The smallest absolute Gasteiger partial charge is 0.309 e. The molecule has 312 valence electrons. The van der Waals surface area contributed by atoms with Crippen molar-refractivity contribution in [1.82, 2.24) is 10.2 Å². The number of ether oxygens (including phenoxy) is 2. The third-order valence-electron chi connectivity index (χ3n) is 19.2. The number of hydrogen-bond donors (Lipinski definition) is 1. The summed E-state index contributed by atoms with van der Waals surface area (Å²) in [7, 11) is -0.628. The van der Waals surface area contributed by atoms with Crippen LogP contribution in [0.5, 0.6) is 0 Å². The standard InChI is InChI=1S/C48H74N2O5S/c1-32(50-25-27-56(53)28-26-50)30-49-48-20-12-15-35(48)34-16-17-39-45(6)21-19-40(44(4,5)38(45)18-22-47(39,8)46(34,7)23-24-48)55-42(52)37-29-36(43(37,2)3)41(51)54-31-33-13-10-9-11-14-33/h9-11,13-14,32,34-40,49H,12,15-31H2,1-8H3/t32?,34?,35-,36?,37?,38?,39?,40?,45?,46-,47?,48?/m1/s1. The second-order valence-corrected chi connectivity index (χ2v) is 23.7. The molecule has 1 N–H and O–H groups in total. The first-order valence-corrected chi connectivity index (χ1v) is 24.2. The number of fused-ring (bicyclic) bond motifs is 7. The van der Waals surface area contributed by atoms with E-state index in [4.69, 9.17) is 9.47 Å². The van der Waals surface area contributed by atoms with Gasteiger partial charge in [0.25, 0.3) is 0 Å². The van der Waals surface area contributed by atoms with Crippen LogP contribution in [0.25, 0.3) is 0 Å². The van der Waals surface area contributed by atoms with Crippen molar-refractivity contribution in [3.05, 3.63) is 35.9 Å². The largest absolute Gasteiger partial charge is 0.462 e. The van der Waals surface area contributed by atoms with Crippen molar-refractivity contribution in [2.75, 3.05) is 31.1 Å². The summed E-state index contributed by atoms with van der Waals surface area (Å²) in [5.41, 5.74) is 1.54. The highest BCUT2D eigenvalue weighted by atomic mass is 32.2. The van der Waals surface area contributed by atoms with Crippen LogP contribution in [0.4, 0.5) is 0 Å². The zero-order valence-corrected chi connectivity index (χ0v) is 36.9. The molecule has 0 bridgehead atoms. The van der Waals surface area contributed by atoms with E-state index in [9.17, 15) is 13.8 Å². The number of esters is 2. The van der Waals surface area contributed by atoms with Crippen LogP contribution in [-0.4, -0.2) is 69.9 Å². The summed E-state index contributed by atoms with van der Waals surface area (Å²) in [6.45, 7) is 22.6. The minimum atomic E-state index is -0.628. The van der Waals surface area contributed by atoms with E-state index in [1.807, 2.05) is 44.2 Å². The summed E-state index contributed by atoms with van der Waals surface area (Å²) in [6.07, 6.45) is 14.3. The zero-order chi connectivity index (χ0) is 39.9. The van der Waals surface area contributed by atoms with Gasteiger partial charge in [0.1, 0.15) is 12.7 Å². The molecule has 10 unspecified atom stereocenters. The molecular weight excluding hydrogens is 717 g/mol. The van der Waals surface area contributed by atoms with Crippen LogP contribution in [0, 0.1) is 62.6 Å². The summed E-state index contributed by atoms with van der Waals surface area (Å²) < 4.78 is 24.3. The number of rotatable bonds is 9. The van der Waals surface area contributed by atoms with E-state index in [2.05, 4.69) is 51.8 Å². The summed E-state index contributed by atoms with van der Waals surface area (Å²) in [6, 6.07) is 10.3. The number of benzene rings is 1.